The van der Waals surface area contributed by atoms with Crippen LogP contribution in [-0.2, 0) is 16.0 Å². The summed E-state index contributed by atoms with van der Waals surface area (Å²) in [7, 11) is 0. The van der Waals surface area contributed by atoms with E-state index in [0.717, 1.165) is 12.8 Å². The standard InChI is InChI=1S/C17H16N6O2S/c24-14(9-12-10-26-17(20-12)22-16(25)11-4-5-11)21-13-3-1-6-18-15(13)23-8-2-7-19-23/h1-3,6-8,10-11H,4-5,9H2,(H,21,24)(H,20,22,25). The first-order valence-corrected chi connectivity index (χ1v) is 9.07. The van der Waals surface area contributed by atoms with Gasteiger partial charge in [-0.2, -0.15) is 5.10 Å². The van der Waals surface area contributed by atoms with E-state index in [-0.39, 0.29) is 24.2 Å². The summed E-state index contributed by atoms with van der Waals surface area (Å²) in [5.74, 6) is 0.463. The van der Waals surface area contributed by atoms with Crippen LogP contribution in [0.2, 0.25) is 0 Å². The summed E-state index contributed by atoms with van der Waals surface area (Å²) in [4.78, 5) is 32.7. The first-order valence-electron chi connectivity index (χ1n) is 8.19. The molecule has 3 heterocycles. The van der Waals surface area contributed by atoms with Gasteiger partial charge in [0.2, 0.25) is 11.8 Å². The van der Waals surface area contributed by atoms with Crippen molar-refractivity contribution in [2.75, 3.05) is 10.6 Å². The van der Waals surface area contributed by atoms with Crippen LogP contribution in [0.3, 0.4) is 0 Å². The number of carbonyl (C=O) groups is 2. The van der Waals surface area contributed by atoms with E-state index in [1.807, 2.05) is 0 Å². The Labute approximate surface area is 153 Å². The van der Waals surface area contributed by atoms with Gasteiger partial charge in [0, 0.05) is 29.9 Å². The third kappa shape index (κ3) is 3.77. The summed E-state index contributed by atoms with van der Waals surface area (Å²) in [5, 5.41) is 12.1. The molecule has 8 nitrogen and oxygen atoms in total. The van der Waals surface area contributed by atoms with E-state index in [9.17, 15) is 9.59 Å². The van der Waals surface area contributed by atoms with E-state index in [4.69, 9.17) is 0 Å². The number of anilines is 2. The maximum Gasteiger partial charge on any atom is 0.230 e. The SMILES string of the molecule is O=C(Cc1csc(NC(=O)C2CC2)n1)Nc1cccnc1-n1cccn1. The number of amides is 2. The van der Waals surface area contributed by atoms with Gasteiger partial charge in [-0.15, -0.1) is 11.3 Å². The highest BCUT2D eigenvalue weighted by Crippen LogP contribution is 2.30. The molecule has 4 rings (SSSR count). The minimum Gasteiger partial charge on any atom is -0.323 e. The van der Waals surface area contributed by atoms with E-state index in [2.05, 4.69) is 25.7 Å². The Hall–Kier alpha value is -3.07. The van der Waals surface area contributed by atoms with E-state index >= 15 is 0 Å². The van der Waals surface area contributed by atoms with Gasteiger partial charge in [0.15, 0.2) is 10.9 Å². The molecule has 1 fully saturated rings. The monoisotopic (exact) mass is 368 g/mol. The molecule has 3 aromatic heterocycles. The van der Waals surface area contributed by atoms with Crippen LogP contribution in [0.25, 0.3) is 5.82 Å². The lowest BCUT2D eigenvalue weighted by atomic mass is 10.3. The zero-order valence-corrected chi connectivity index (χ0v) is 14.6. The molecule has 0 aromatic carbocycles. The number of hydrogen-bond donors (Lipinski definition) is 2. The van der Waals surface area contributed by atoms with Crippen LogP contribution in [-0.4, -0.2) is 31.6 Å². The molecule has 132 valence electrons. The first kappa shape index (κ1) is 16.4. The molecule has 0 atom stereocenters. The van der Waals surface area contributed by atoms with Crippen LogP contribution in [0, 0.1) is 5.92 Å². The molecular weight excluding hydrogens is 352 g/mol. The van der Waals surface area contributed by atoms with Gasteiger partial charge < -0.3 is 10.6 Å². The molecular formula is C17H16N6O2S. The Morgan fingerprint density at radius 2 is 2.12 bits per heavy atom. The van der Waals surface area contributed by atoms with Crippen molar-refractivity contribution in [3.8, 4) is 5.82 Å². The number of nitrogens with zero attached hydrogens (tertiary/aromatic N) is 4. The predicted molar refractivity (Wildman–Crippen MR) is 97.2 cm³/mol. The summed E-state index contributed by atoms with van der Waals surface area (Å²) >= 11 is 1.32. The highest BCUT2D eigenvalue weighted by atomic mass is 32.1. The van der Waals surface area contributed by atoms with Crippen molar-refractivity contribution in [3.63, 3.8) is 0 Å². The Kier molecular flexibility index (Phi) is 4.44. The van der Waals surface area contributed by atoms with Crippen molar-refractivity contribution >= 4 is 34.0 Å². The van der Waals surface area contributed by atoms with Crippen molar-refractivity contribution in [3.05, 3.63) is 47.9 Å². The summed E-state index contributed by atoms with van der Waals surface area (Å²) in [6.07, 6.45) is 7.04. The average molecular weight is 368 g/mol. The van der Waals surface area contributed by atoms with Crippen LogP contribution in [0.4, 0.5) is 10.8 Å². The number of thiazole rings is 1. The largest absolute Gasteiger partial charge is 0.323 e. The van der Waals surface area contributed by atoms with Gasteiger partial charge in [-0.1, -0.05) is 0 Å². The molecule has 2 N–H and O–H groups in total. The third-order valence-corrected chi connectivity index (χ3v) is 4.66. The lowest BCUT2D eigenvalue weighted by Gasteiger charge is -2.09. The zero-order valence-electron chi connectivity index (χ0n) is 13.8. The highest BCUT2D eigenvalue weighted by Gasteiger charge is 2.30. The van der Waals surface area contributed by atoms with Crippen molar-refractivity contribution in [2.24, 2.45) is 5.92 Å². The number of nitrogens with one attached hydrogen (secondary N) is 2. The lowest BCUT2D eigenvalue weighted by molar-refractivity contribution is -0.117. The maximum atomic E-state index is 12.4. The second-order valence-corrected chi connectivity index (χ2v) is 6.82. The van der Waals surface area contributed by atoms with Gasteiger partial charge >= 0.3 is 0 Å². The van der Waals surface area contributed by atoms with E-state index < -0.39 is 0 Å². The second-order valence-electron chi connectivity index (χ2n) is 5.96. The van der Waals surface area contributed by atoms with E-state index in [0.29, 0.717) is 22.3 Å². The summed E-state index contributed by atoms with van der Waals surface area (Å²) < 4.78 is 1.59. The number of hydrogen-bond acceptors (Lipinski definition) is 6. The van der Waals surface area contributed by atoms with E-state index in [1.54, 1.807) is 46.9 Å². The predicted octanol–water partition coefficient (Wildman–Crippen LogP) is 2.25. The fourth-order valence-corrected chi connectivity index (χ4v) is 3.14. The zero-order chi connectivity index (χ0) is 17.9. The Bertz CT molecular complexity index is 932. The summed E-state index contributed by atoms with van der Waals surface area (Å²) in [5.41, 5.74) is 1.18. The number of aromatic nitrogens is 4. The molecule has 0 radical (unpaired) electrons. The molecule has 1 aliphatic carbocycles. The van der Waals surface area contributed by atoms with Gasteiger partial charge in [-0.3, -0.25) is 9.59 Å². The average Bonchev–Trinajstić information content (AvgIpc) is 3.17. The second kappa shape index (κ2) is 7.04. The van der Waals surface area contributed by atoms with E-state index in [1.165, 1.54) is 11.3 Å². The number of carbonyl (C=O) groups excluding carboxylic acids is 2. The minimum atomic E-state index is -0.211. The normalized spacial score (nSPS) is 13.4. The van der Waals surface area contributed by atoms with Gasteiger partial charge in [-0.25, -0.2) is 14.6 Å². The van der Waals surface area contributed by atoms with Gasteiger partial charge in [0.05, 0.1) is 17.8 Å². The van der Waals surface area contributed by atoms with Crippen molar-refractivity contribution in [1.82, 2.24) is 19.7 Å². The fraction of sp³-hybridized carbons (Fsp3) is 0.235. The van der Waals surface area contributed by atoms with Crippen molar-refractivity contribution in [1.29, 1.82) is 0 Å². The number of rotatable bonds is 6. The quantitative estimate of drug-likeness (QED) is 0.695. The fourth-order valence-electron chi connectivity index (χ4n) is 2.43. The molecule has 3 aromatic rings. The number of pyridine rings is 1. The molecule has 0 spiro atoms. The third-order valence-electron chi connectivity index (χ3n) is 3.85. The highest BCUT2D eigenvalue weighted by molar-refractivity contribution is 7.13. The molecule has 1 saturated carbocycles. The Balaban J connectivity index is 1.40. The van der Waals surface area contributed by atoms with Gasteiger partial charge in [0.1, 0.15) is 0 Å². The summed E-state index contributed by atoms with van der Waals surface area (Å²) in [6, 6.07) is 5.30. The molecule has 0 aliphatic heterocycles. The molecule has 26 heavy (non-hydrogen) atoms. The first-order chi connectivity index (χ1) is 12.7. The smallest absolute Gasteiger partial charge is 0.230 e. The van der Waals surface area contributed by atoms with Crippen LogP contribution < -0.4 is 10.6 Å². The van der Waals surface area contributed by atoms with Crippen molar-refractivity contribution < 1.29 is 9.59 Å². The molecule has 1 aliphatic rings. The van der Waals surface area contributed by atoms with Crippen LogP contribution in [0.1, 0.15) is 18.5 Å². The van der Waals surface area contributed by atoms with Crippen LogP contribution in [0.15, 0.2) is 42.2 Å². The molecule has 0 saturated heterocycles. The molecule has 0 unspecified atom stereocenters. The van der Waals surface area contributed by atoms with Gasteiger partial charge in [0.25, 0.3) is 0 Å². The summed E-state index contributed by atoms with van der Waals surface area (Å²) in [6.45, 7) is 0. The van der Waals surface area contributed by atoms with Gasteiger partial charge in [-0.05, 0) is 31.0 Å². The maximum absolute atomic E-state index is 12.4. The molecule has 9 heteroatoms. The Morgan fingerprint density at radius 1 is 1.23 bits per heavy atom. The van der Waals surface area contributed by atoms with Crippen molar-refractivity contribution in [2.45, 2.75) is 19.3 Å². The lowest BCUT2D eigenvalue weighted by Crippen LogP contribution is -2.17. The molecule has 2 amide bonds. The minimum absolute atomic E-state index is 0.00887. The molecule has 0 bridgehead atoms. The topological polar surface area (TPSA) is 102 Å². The van der Waals surface area contributed by atoms with Crippen LogP contribution in [0.5, 0.6) is 0 Å². The Morgan fingerprint density at radius 3 is 2.88 bits per heavy atom. The van der Waals surface area contributed by atoms with Crippen LogP contribution >= 0.6 is 11.3 Å².